The Morgan fingerprint density at radius 1 is 0.815 bits per heavy atom. The summed E-state index contributed by atoms with van der Waals surface area (Å²) in [4.78, 5) is 9.18. The maximum Gasteiger partial charge on any atom is 0.119 e. The number of ether oxygens (including phenoxy) is 1. The SMILES string of the molecule is CCOc1ccc(-c2c(-c3ccccc3)ncn2Cc2ccccn2)cc1. The molecule has 134 valence electrons. The van der Waals surface area contributed by atoms with E-state index in [0.29, 0.717) is 13.2 Å². The molecule has 0 unspecified atom stereocenters. The van der Waals surface area contributed by atoms with E-state index in [1.165, 1.54) is 0 Å². The number of imidazole rings is 1. The van der Waals surface area contributed by atoms with Crippen molar-refractivity contribution in [3.8, 4) is 28.3 Å². The zero-order chi connectivity index (χ0) is 18.5. The van der Waals surface area contributed by atoms with E-state index in [9.17, 15) is 0 Å². The van der Waals surface area contributed by atoms with Crippen LogP contribution >= 0.6 is 0 Å². The Morgan fingerprint density at radius 2 is 1.59 bits per heavy atom. The average Bonchev–Trinajstić information content (AvgIpc) is 3.14. The van der Waals surface area contributed by atoms with Gasteiger partial charge in [0.1, 0.15) is 5.75 Å². The van der Waals surface area contributed by atoms with Crippen molar-refractivity contribution in [2.75, 3.05) is 6.61 Å². The van der Waals surface area contributed by atoms with Crippen LogP contribution < -0.4 is 4.74 Å². The van der Waals surface area contributed by atoms with Gasteiger partial charge in [-0.25, -0.2) is 4.98 Å². The summed E-state index contributed by atoms with van der Waals surface area (Å²) in [5, 5.41) is 0. The molecule has 0 saturated heterocycles. The van der Waals surface area contributed by atoms with Crippen LogP contribution in [0.15, 0.2) is 85.3 Å². The molecule has 0 bridgehead atoms. The van der Waals surface area contributed by atoms with E-state index in [4.69, 9.17) is 9.72 Å². The molecule has 2 aromatic heterocycles. The zero-order valence-electron chi connectivity index (χ0n) is 15.2. The maximum atomic E-state index is 5.59. The van der Waals surface area contributed by atoms with Gasteiger partial charge in [0, 0.05) is 17.3 Å². The Morgan fingerprint density at radius 3 is 2.30 bits per heavy atom. The highest BCUT2D eigenvalue weighted by molar-refractivity contribution is 5.78. The molecule has 0 saturated carbocycles. The minimum Gasteiger partial charge on any atom is -0.494 e. The van der Waals surface area contributed by atoms with Crippen LogP contribution in [-0.4, -0.2) is 21.1 Å². The number of nitrogens with zero attached hydrogens (tertiary/aromatic N) is 3. The summed E-state index contributed by atoms with van der Waals surface area (Å²) in [6, 6.07) is 24.4. The molecule has 0 amide bonds. The van der Waals surface area contributed by atoms with E-state index in [1.807, 2.05) is 68.0 Å². The fraction of sp³-hybridized carbons (Fsp3) is 0.130. The van der Waals surface area contributed by atoms with Crippen LogP contribution in [0.25, 0.3) is 22.5 Å². The van der Waals surface area contributed by atoms with Gasteiger partial charge >= 0.3 is 0 Å². The summed E-state index contributed by atoms with van der Waals surface area (Å²) >= 11 is 0. The lowest BCUT2D eigenvalue weighted by molar-refractivity contribution is 0.340. The number of pyridine rings is 1. The van der Waals surface area contributed by atoms with Gasteiger partial charge in [0.15, 0.2) is 0 Å². The Hall–Kier alpha value is -3.40. The molecule has 4 nitrogen and oxygen atoms in total. The predicted molar refractivity (Wildman–Crippen MR) is 108 cm³/mol. The Labute approximate surface area is 159 Å². The fourth-order valence-electron chi connectivity index (χ4n) is 3.15. The Kier molecular flexibility index (Phi) is 4.97. The monoisotopic (exact) mass is 355 g/mol. The largest absolute Gasteiger partial charge is 0.494 e. The summed E-state index contributed by atoms with van der Waals surface area (Å²) in [7, 11) is 0. The molecule has 2 heterocycles. The van der Waals surface area contributed by atoms with Crippen LogP contribution in [0.3, 0.4) is 0 Å². The van der Waals surface area contributed by atoms with Gasteiger partial charge in [-0.1, -0.05) is 36.4 Å². The first kappa shape index (κ1) is 17.0. The number of benzene rings is 2. The lowest BCUT2D eigenvalue weighted by Crippen LogP contribution is -2.02. The van der Waals surface area contributed by atoms with Gasteiger partial charge in [0.25, 0.3) is 0 Å². The number of rotatable bonds is 6. The molecule has 2 aromatic carbocycles. The number of hydrogen-bond donors (Lipinski definition) is 0. The van der Waals surface area contributed by atoms with E-state index in [0.717, 1.165) is 34.0 Å². The summed E-state index contributed by atoms with van der Waals surface area (Å²) in [5.41, 5.74) is 5.25. The van der Waals surface area contributed by atoms with Crippen molar-refractivity contribution in [2.24, 2.45) is 0 Å². The van der Waals surface area contributed by atoms with Gasteiger partial charge in [-0.15, -0.1) is 0 Å². The second-order valence-electron chi connectivity index (χ2n) is 6.21. The lowest BCUT2D eigenvalue weighted by Gasteiger charge is -2.11. The highest BCUT2D eigenvalue weighted by atomic mass is 16.5. The summed E-state index contributed by atoms with van der Waals surface area (Å²) in [5.74, 6) is 0.873. The molecule has 4 rings (SSSR count). The summed E-state index contributed by atoms with van der Waals surface area (Å²) in [6.45, 7) is 3.32. The van der Waals surface area contributed by atoms with Crippen molar-refractivity contribution < 1.29 is 4.74 Å². The standard InChI is InChI=1S/C23H21N3O/c1-2-27-21-13-11-19(12-14-21)23-22(18-8-4-3-5-9-18)25-17-26(23)16-20-10-6-7-15-24-20/h3-15,17H,2,16H2,1H3. The third-order valence-corrected chi connectivity index (χ3v) is 4.38. The number of aromatic nitrogens is 3. The average molecular weight is 355 g/mol. The van der Waals surface area contributed by atoms with Gasteiger partial charge < -0.3 is 9.30 Å². The molecule has 0 fully saturated rings. The van der Waals surface area contributed by atoms with Crippen molar-refractivity contribution in [1.29, 1.82) is 0 Å². The third-order valence-electron chi connectivity index (χ3n) is 4.38. The van der Waals surface area contributed by atoms with Crippen LogP contribution in [0.1, 0.15) is 12.6 Å². The van der Waals surface area contributed by atoms with Gasteiger partial charge in [0.2, 0.25) is 0 Å². The third kappa shape index (κ3) is 3.75. The highest BCUT2D eigenvalue weighted by Crippen LogP contribution is 2.32. The highest BCUT2D eigenvalue weighted by Gasteiger charge is 2.15. The van der Waals surface area contributed by atoms with Gasteiger partial charge in [-0.3, -0.25) is 4.98 Å². The first-order valence-corrected chi connectivity index (χ1v) is 9.09. The molecule has 0 N–H and O–H groups in total. The second-order valence-corrected chi connectivity index (χ2v) is 6.21. The minimum atomic E-state index is 0.659. The molecule has 0 aliphatic carbocycles. The first-order valence-electron chi connectivity index (χ1n) is 9.09. The van der Waals surface area contributed by atoms with Crippen molar-refractivity contribution in [1.82, 2.24) is 14.5 Å². The smallest absolute Gasteiger partial charge is 0.119 e. The van der Waals surface area contributed by atoms with Crippen LogP contribution in [0, 0.1) is 0 Å². The molecule has 0 radical (unpaired) electrons. The normalized spacial score (nSPS) is 10.7. The van der Waals surface area contributed by atoms with Gasteiger partial charge in [-0.05, 0) is 43.3 Å². The van der Waals surface area contributed by atoms with E-state index in [1.54, 1.807) is 0 Å². The van der Waals surface area contributed by atoms with Gasteiger partial charge in [0.05, 0.1) is 36.6 Å². The molecular weight excluding hydrogens is 334 g/mol. The topological polar surface area (TPSA) is 39.9 Å². The molecule has 27 heavy (non-hydrogen) atoms. The number of hydrogen-bond acceptors (Lipinski definition) is 3. The van der Waals surface area contributed by atoms with E-state index in [2.05, 4.69) is 33.8 Å². The summed E-state index contributed by atoms with van der Waals surface area (Å²) in [6.07, 6.45) is 3.71. The van der Waals surface area contributed by atoms with E-state index < -0.39 is 0 Å². The lowest BCUT2D eigenvalue weighted by atomic mass is 10.0. The van der Waals surface area contributed by atoms with E-state index in [-0.39, 0.29) is 0 Å². The van der Waals surface area contributed by atoms with Crippen molar-refractivity contribution in [3.63, 3.8) is 0 Å². The Balaban J connectivity index is 1.79. The predicted octanol–water partition coefficient (Wildman–Crippen LogP) is 5.06. The fourth-order valence-corrected chi connectivity index (χ4v) is 3.15. The second kappa shape index (κ2) is 7.87. The van der Waals surface area contributed by atoms with Crippen molar-refractivity contribution in [2.45, 2.75) is 13.5 Å². The maximum absolute atomic E-state index is 5.59. The van der Waals surface area contributed by atoms with Crippen LogP contribution in [0.4, 0.5) is 0 Å². The van der Waals surface area contributed by atoms with Crippen molar-refractivity contribution in [3.05, 3.63) is 91.0 Å². The molecule has 4 aromatic rings. The molecule has 4 heteroatoms. The first-order chi connectivity index (χ1) is 13.3. The minimum absolute atomic E-state index is 0.659. The van der Waals surface area contributed by atoms with Crippen LogP contribution in [0.5, 0.6) is 5.75 Å². The molecule has 0 atom stereocenters. The molecule has 0 aliphatic rings. The van der Waals surface area contributed by atoms with Crippen LogP contribution in [0.2, 0.25) is 0 Å². The zero-order valence-corrected chi connectivity index (χ0v) is 15.2. The van der Waals surface area contributed by atoms with Crippen molar-refractivity contribution >= 4 is 0 Å². The van der Waals surface area contributed by atoms with Gasteiger partial charge in [-0.2, -0.15) is 0 Å². The van der Waals surface area contributed by atoms with Crippen LogP contribution in [-0.2, 0) is 6.54 Å². The molecule has 0 aliphatic heterocycles. The molecule has 0 spiro atoms. The summed E-state index contributed by atoms with van der Waals surface area (Å²) < 4.78 is 7.74. The quantitative estimate of drug-likeness (QED) is 0.485. The Bertz CT molecular complexity index is 993. The molecular formula is C23H21N3O. The van der Waals surface area contributed by atoms with E-state index >= 15 is 0 Å².